The lowest BCUT2D eigenvalue weighted by molar-refractivity contribution is -0.151. The minimum Gasteiger partial charge on any atom is -0.469 e. The molecule has 6 unspecified atom stereocenters. The number of rotatable bonds is 6. The van der Waals surface area contributed by atoms with Gasteiger partial charge in [-0.2, -0.15) is 0 Å². The number of nitrogens with zero attached hydrogens (tertiary/aromatic N) is 1. The lowest BCUT2D eigenvalue weighted by Crippen LogP contribution is -2.57. The van der Waals surface area contributed by atoms with E-state index >= 15 is 0 Å². The van der Waals surface area contributed by atoms with E-state index in [0.717, 1.165) is 12.0 Å². The van der Waals surface area contributed by atoms with Gasteiger partial charge < -0.3 is 19.5 Å². The number of benzene rings is 1. The molecule has 4 aliphatic rings. The number of likely N-dealkylation sites (tertiary alicyclic amines) is 1. The maximum absolute atomic E-state index is 14.5. The Morgan fingerprint density at radius 3 is 2.21 bits per heavy atom. The lowest BCUT2D eigenvalue weighted by Gasteiger charge is -2.39. The third-order valence-electron chi connectivity index (χ3n) is 9.33. The molecule has 0 bridgehead atoms. The average Bonchev–Trinajstić information content (AvgIpc) is 3.28. The van der Waals surface area contributed by atoms with E-state index in [9.17, 15) is 33.6 Å². The number of imide groups is 1. The third kappa shape index (κ3) is 4.47. The second kappa shape index (κ2) is 10.9. The van der Waals surface area contributed by atoms with Crippen molar-refractivity contribution in [2.45, 2.75) is 25.8 Å². The minimum absolute atomic E-state index is 0.0632. The summed E-state index contributed by atoms with van der Waals surface area (Å²) in [5.74, 6) is -10.7. The second-order valence-electron chi connectivity index (χ2n) is 11.4. The number of nitrogens with one attached hydrogen (secondary N) is 1. The molecule has 1 N–H and O–H groups in total. The highest BCUT2D eigenvalue weighted by atomic mass is 16.5. The van der Waals surface area contributed by atoms with Crippen LogP contribution in [0.4, 0.5) is 0 Å². The quantitative estimate of drug-likeness (QED) is 0.287. The molecule has 226 valence electrons. The number of fused-ring (bicyclic) bond motifs is 2. The highest BCUT2D eigenvalue weighted by Gasteiger charge is 2.67. The van der Waals surface area contributed by atoms with Gasteiger partial charge in [-0.25, -0.2) is 4.79 Å². The maximum atomic E-state index is 14.5. The van der Waals surface area contributed by atoms with Crippen LogP contribution in [0.25, 0.3) is 0 Å². The number of esters is 3. The van der Waals surface area contributed by atoms with Gasteiger partial charge in [0.2, 0.25) is 11.8 Å². The molecule has 1 fully saturated rings. The number of methoxy groups -OCH3 is 3. The molecule has 43 heavy (non-hydrogen) atoms. The number of carbonyl (C=O) groups is 7. The van der Waals surface area contributed by atoms with E-state index in [1.807, 2.05) is 0 Å². The van der Waals surface area contributed by atoms with Crippen LogP contribution in [0, 0.1) is 35.5 Å². The molecule has 7 atom stereocenters. The van der Waals surface area contributed by atoms with Crippen molar-refractivity contribution in [2.24, 2.45) is 35.5 Å². The van der Waals surface area contributed by atoms with Crippen molar-refractivity contribution in [3.63, 3.8) is 0 Å². The Balaban J connectivity index is 1.71. The van der Waals surface area contributed by atoms with Crippen molar-refractivity contribution in [2.75, 3.05) is 27.9 Å². The molecule has 0 spiro atoms. The van der Waals surface area contributed by atoms with Crippen LogP contribution in [0.1, 0.15) is 30.6 Å². The van der Waals surface area contributed by atoms with Gasteiger partial charge in [-0.15, -0.1) is 0 Å². The molecule has 1 aliphatic heterocycles. The molecule has 5 rings (SSSR count). The average molecular weight is 593 g/mol. The molecule has 0 radical (unpaired) electrons. The summed E-state index contributed by atoms with van der Waals surface area (Å²) in [6.45, 7) is 2.56. The van der Waals surface area contributed by atoms with Crippen LogP contribution in [0.5, 0.6) is 0 Å². The summed E-state index contributed by atoms with van der Waals surface area (Å²) in [7, 11) is 3.49. The van der Waals surface area contributed by atoms with E-state index in [-0.39, 0.29) is 23.1 Å². The molecule has 1 saturated heterocycles. The fourth-order valence-electron chi connectivity index (χ4n) is 7.44. The molecule has 0 saturated carbocycles. The van der Waals surface area contributed by atoms with Gasteiger partial charge in [0.25, 0.3) is 5.91 Å². The summed E-state index contributed by atoms with van der Waals surface area (Å²) in [5.41, 5.74) is -0.724. The standard InChI is InChI=1S/C31H32N2O10/c1-14-20-22-17(23-21(14)27(37)33(28(23)38)13-19(34)41-3)11-16(29(39)42-4)12-18(30(40)43-5)24(22)31(2,25(20)35)32-26(36)15-9-7-6-8-10-15/h6-10,12,14,17-18,21,23-24H,11,13H2,1-5H3,(H,32,36)/t14?,17?,18?,21?,23?,24?,31-/m0/s1. The van der Waals surface area contributed by atoms with E-state index in [1.165, 1.54) is 27.2 Å². The predicted molar refractivity (Wildman–Crippen MR) is 146 cm³/mol. The van der Waals surface area contributed by atoms with Crippen molar-refractivity contribution >= 4 is 41.4 Å². The van der Waals surface area contributed by atoms with Gasteiger partial charge in [0, 0.05) is 22.6 Å². The number of carbonyl (C=O) groups excluding carboxylic acids is 7. The smallest absolute Gasteiger partial charge is 0.333 e. The van der Waals surface area contributed by atoms with Gasteiger partial charge in [-0.05, 0) is 37.3 Å². The Morgan fingerprint density at radius 2 is 1.60 bits per heavy atom. The first kappa shape index (κ1) is 29.9. The van der Waals surface area contributed by atoms with E-state index in [0.29, 0.717) is 5.57 Å². The van der Waals surface area contributed by atoms with Gasteiger partial charge in [-0.3, -0.25) is 33.7 Å². The number of ether oxygens (including phenoxy) is 3. The molecular weight excluding hydrogens is 560 g/mol. The number of Topliss-reactive ketones (excluding diaryl/α,β-unsaturated/α-hetero) is 1. The summed E-state index contributed by atoms with van der Waals surface area (Å²) in [6, 6.07) is 8.23. The SMILES string of the molecule is COC(=O)CN1C(=O)C2C(C)C3=C4C(CC(C(=O)OC)=CC(C(=O)OC)C4[C@](C)(NC(=O)c4ccccc4)C3=O)C2C1=O. The molecule has 3 aliphatic carbocycles. The topological polar surface area (TPSA) is 162 Å². The Labute approximate surface area is 247 Å². The molecule has 0 aromatic heterocycles. The fraction of sp³-hybridized carbons (Fsp3) is 0.452. The van der Waals surface area contributed by atoms with Gasteiger partial charge in [0.05, 0.1) is 39.1 Å². The maximum Gasteiger partial charge on any atom is 0.333 e. The van der Waals surface area contributed by atoms with Crippen LogP contribution < -0.4 is 5.32 Å². The van der Waals surface area contributed by atoms with Crippen LogP contribution in [-0.2, 0) is 43.0 Å². The van der Waals surface area contributed by atoms with Gasteiger partial charge >= 0.3 is 17.9 Å². The first-order valence-electron chi connectivity index (χ1n) is 13.9. The fourth-order valence-corrected chi connectivity index (χ4v) is 7.44. The monoisotopic (exact) mass is 592 g/mol. The molecule has 12 heteroatoms. The molecule has 1 heterocycles. The molecule has 12 nitrogen and oxygen atoms in total. The molecule has 1 aromatic carbocycles. The third-order valence-corrected chi connectivity index (χ3v) is 9.33. The van der Waals surface area contributed by atoms with Crippen LogP contribution in [-0.4, -0.2) is 79.7 Å². The summed E-state index contributed by atoms with van der Waals surface area (Å²) in [6.07, 6.45) is 1.26. The minimum atomic E-state index is -1.71. The second-order valence-corrected chi connectivity index (χ2v) is 11.4. The van der Waals surface area contributed by atoms with Crippen molar-refractivity contribution < 1.29 is 47.8 Å². The number of hydrogen-bond donors (Lipinski definition) is 1. The molecule has 1 aromatic rings. The first-order chi connectivity index (χ1) is 20.4. The number of amides is 3. The number of hydrogen-bond acceptors (Lipinski definition) is 10. The lowest BCUT2D eigenvalue weighted by atomic mass is 9.62. The van der Waals surface area contributed by atoms with Crippen LogP contribution in [0.15, 0.2) is 53.1 Å². The summed E-state index contributed by atoms with van der Waals surface area (Å²) >= 11 is 0. The van der Waals surface area contributed by atoms with E-state index in [4.69, 9.17) is 9.47 Å². The predicted octanol–water partition coefficient (Wildman–Crippen LogP) is 1.00. The zero-order valence-electron chi connectivity index (χ0n) is 24.4. The molecular formula is C31H32N2O10. The molecule has 3 amide bonds. The van der Waals surface area contributed by atoms with Gasteiger partial charge in [0.1, 0.15) is 12.1 Å². The Morgan fingerprint density at radius 1 is 0.953 bits per heavy atom. The Hall–Kier alpha value is -4.61. The zero-order chi connectivity index (χ0) is 31.4. The van der Waals surface area contributed by atoms with Crippen molar-refractivity contribution in [1.29, 1.82) is 0 Å². The van der Waals surface area contributed by atoms with Crippen molar-refractivity contribution in [1.82, 2.24) is 10.2 Å². The van der Waals surface area contributed by atoms with Gasteiger partial charge in [-0.1, -0.05) is 36.8 Å². The van der Waals surface area contributed by atoms with E-state index in [1.54, 1.807) is 37.3 Å². The summed E-state index contributed by atoms with van der Waals surface area (Å²) < 4.78 is 14.8. The van der Waals surface area contributed by atoms with Gasteiger partial charge in [0.15, 0.2) is 5.78 Å². The summed E-state index contributed by atoms with van der Waals surface area (Å²) in [5, 5.41) is 2.85. The Bertz CT molecular complexity index is 1510. The summed E-state index contributed by atoms with van der Waals surface area (Å²) in [4.78, 5) is 94.8. The van der Waals surface area contributed by atoms with Crippen LogP contribution in [0.3, 0.4) is 0 Å². The largest absolute Gasteiger partial charge is 0.469 e. The van der Waals surface area contributed by atoms with Crippen molar-refractivity contribution in [3.8, 4) is 0 Å². The highest BCUT2D eigenvalue weighted by molar-refractivity contribution is 6.14. The first-order valence-corrected chi connectivity index (χ1v) is 13.9. The van der Waals surface area contributed by atoms with Crippen molar-refractivity contribution in [3.05, 3.63) is 58.7 Å². The Kier molecular flexibility index (Phi) is 7.57. The normalized spacial score (nSPS) is 31.0. The highest BCUT2D eigenvalue weighted by Crippen LogP contribution is 2.60. The van der Waals surface area contributed by atoms with Crippen LogP contribution >= 0.6 is 0 Å². The number of ketones is 1. The van der Waals surface area contributed by atoms with E-state index in [2.05, 4.69) is 10.1 Å². The van der Waals surface area contributed by atoms with E-state index < -0.39 is 89.0 Å². The van der Waals surface area contributed by atoms with Crippen LogP contribution in [0.2, 0.25) is 0 Å². The zero-order valence-corrected chi connectivity index (χ0v) is 24.4.